The Morgan fingerprint density at radius 3 is 2.59 bits per heavy atom. The molecule has 6 nitrogen and oxygen atoms in total. The van der Waals surface area contributed by atoms with Gasteiger partial charge in [0.1, 0.15) is 5.75 Å². The van der Waals surface area contributed by atoms with Crippen LogP contribution in [0.15, 0.2) is 24.3 Å². The highest BCUT2D eigenvalue weighted by molar-refractivity contribution is 7.89. The van der Waals surface area contributed by atoms with E-state index in [0.717, 1.165) is 6.42 Å². The molecule has 0 N–H and O–H groups in total. The van der Waals surface area contributed by atoms with Crippen molar-refractivity contribution in [3.63, 3.8) is 0 Å². The van der Waals surface area contributed by atoms with Crippen LogP contribution in [-0.2, 0) is 14.8 Å². The van der Waals surface area contributed by atoms with Crippen LogP contribution in [0.4, 0.5) is 5.69 Å². The number of piperazine rings is 1. The fourth-order valence-corrected chi connectivity index (χ4v) is 4.03. The van der Waals surface area contributed by atoms with Crippen molar-refractivity contribution in [2.24, 2.45) is 0 Å². The van der Waals surface area contributed by atoms with E-state index >= 15 is 0 Å². The van der Waals surface area contributed by atoms with Crippen molar-refractivity contribution >= 4 is 21.6 Å². The number of carbonyl (C=O) groups is 1. The molecule has 1 aromatic rings. The molecule has 0 aliphatic carbocycles. The second-order valence-corrected chi connectivity index (χ2v) is 7.31. The molecule has 2 rings (SSSR count). The van der Waals surface area contributed by atoms with Gasteiger partial charge in [-0.2, -0.15) is 4.31 Å². The molecule has 0 spiro atoms. The smallest absolute Gasteiger partial charge is 0.242 e. The molecular weight excluding hydrogens is 304 g/mol. The first-order chi connectivity index (χ1) is 10.5. The molecule has 0 saturated carbocycles. The van der Waals surface area contributed by atoms with E-state index in [1.807, 2.05) is 19.1 Å². The number of nitrogens with zero attached hydrogens (tertiary/aromatic N) is 2. The maximum atomic E-state index is 12.4. The molecule has 1 saturated heterocycles. The normalized spacial score (nSPS) is 16.8. The van der Waals surface area contributed by atoms with Gasteiger partial charge in [0, 0.05) is 13.1 Å². The molecular formula is C15H22N2O4S. The van der Waals surface area contributed by atoms with Gasteiger partial charge in [0.15, 0.2) is 0 Å². The molecule has 1 aliphatic rings. The Bertz CT molecular complexity index is 630. The molecule has 1 fully saturated rings. The first-order valence-electron chi connectivity index (χ1n) is 7.40. The second kappa shape index (κ2) is 7.11. The fourth-order valence-electron chi connectivity index (χ4n) is 2.45. The van der Waals surface area contributed by atoms with Crippen molar-refractivity contribution in [3.05, 3.63) is 24.3 Å². The van der Waals surface area contributed by atoms with E-state index < -0.39 is 10.0 Å². The summed E-state index contributed by atoms with van der Waals surface area (Å²) in [6.45, 7) is 2.49. The maximum Gasteiger partial charge on any atom is 0.242 e. The third-order valence-corrected chi connectivity index (χ3v) is 5.61. The lowest BCUT2D eigenvalue weighted by Gasteiger charge is -2.34. The molecule has 1 aliphatic heterocycles. The van der Waals surface area contributed by atoms with Gasteiger partial charge in [0.2, 0.25) is 15.9 Å². The zero-order chi connectivity index (χ0) is 16.2. The number of amides is 1. The maximum absolute atomic E-state index is 12.4. The predicted octanol–water partition coefficient (Wildman–Crippen LogP) is 1.47. The zero-order valence-electron chi connectivity index (χ0n) is 13.0. The van der Waals surface area contributed by atoms with Crippen molar-refractivity contribution in [1.29, 1.82) is 0 Å². The third-order valence-electron chi connectivity index (χ3n) is 3.71. The number of rotatable bonds is 6. The van der Waals surface area contributed by atoms with E-state index in [2.05, 4.69) is 0 Å². The highest BCUT2D eigenvalue weighted by Gasteiger charge is 2.32. The van der Waals surface area contributed by atoms with Gasteiger partial charge in [-0.15, -0.1) is 0 Å². The van der Waals surface area contributed by atoms with Gasteiger partial charge in [0.25, 0.3) is 0 Å². The summed E-state index contributed by atoms with van der Waals surface area (Å²) in [5, 5.41) is 0. The van der Waals surface area contributed by atoms with Crippen molar-refractivity contribution in [3.8, 4) is 5.75 Å². The van der Waals surface area contributed by atoms with E-state index in [1.54, 1.807) is 24.1 Å². The Morgan fingerprint density at radius 1 is 1.23 bits per heavy atom. The highest BCUT2D eigenvalue weighted by atomic mass is 32.2. The van der Waals surface area contributed by atoms with Crippen LogP contribution in [0.25, 0.3) is 0 Å². The number of ether oxygens (including phenoxy) is 1. The zero-order valence-corrected chi connectivity index (χ0v) is 13.8. The van der Waals surface area contributed by atoms with Gasteiger partial charge >= 0.3 is 0 Å². The number of para-hydroxylation sites is 2. The van der Waals surface area contributed by atoms with Crippen molar-refractivity contribution in [2.45, 2.75) is 19.8 Å². The largest absolute Gasteiger partial charge is 0.495 e. The van der Waals surface area contributed by atoms with Gasteiger partial charge in [0.05, 0.1) is 25.1 Å². The Morgan fingerprint density at radius 2 is 1.95 bits per heavy atom. The number of carbonyl (C=O) groups excluding carboxylic acids is 1. The lowest BCUT2D eigenvalue weighted by molar-refractivity contribution is -0.120. The molecule has 122 valence electrons. The Labute approximate surface area is 131 Å². The molecule has 1 heterocycles. The monoisotopic (exact) mass is 326 g/mol. The van der Waals surface area contributed by atoms with Crippen LogP contribution in [0.1, 0.15) is 19.8 Å². The summed E-state index contributed by atoms with van der Waals surface area (Å²) in [4.78, 5) is 13.9. The van der Waals surface area contributed by atoms with Gasteiger partial charge in [-0.1, -0.05) is 25.5 Å². The first kappa shape index (κ1) is 16.8. The van der Waals surface area contributed by atoms with Crippen LogP contribution in [0, 0.1) is 0 Å². The summed E-state index contributed by atoms with van der Waals surface area (Å²) in [6.07, 6.45) is 1.43. The number of hydrogen-bond acceptors (Lipinski definition) is 4. The number of hydrogen-bond donors (Lipinski definition) is 0. The van der Waals surface area contributed by atoms with Gasteiger partial charge in [-0.25, -0.2) is 8.42 Å². The van der Waals surface area contributed by atoms with Crippen LogP contribution in [0.2, 0.25) is 0 Å². The Balaban J connectivity index is 2.12. The van der Waals surface area contributed by atoms with E-state index in [9.17, 15) is 13.2 Å². The van der Waals surface area contributed by atoms with Crippen LogP contribution in [0.3, 0.4) is 0 Å². The molecule has 0 aromatic heterocycles. The molecule has 0 bridgehead atoms. The van der Waals surface area contributed by atoms with Crippen LogP contribution in [0.5, 0.6) is 5.75 Å². The SMILES string of the molecule is CCCCS(=O)(=O)N1CCN(c2ccccc2OC)C(=O)C1. The van der Waals surface area contributed by atoms with Crippen molar-refractivity contribution < 1.29 is 17.9 Å². The van der Waals surface area contributed by atoms with Gasteiger partial charge in [-0.3, -0.25) is 4.79 Å². The fraction of sp³-hybridized carbons (Fsp3) is 0.533. The summed E-state index contributed by atoms with van der Waals surface area (Å²) in [6, 6.07) is 7.25. The molecule has 0 unspecified atom stereocenters. The molecule has 0 radical (unpaired) electrons. The van der Waals surface area contributed by atoms with Crippen molar-refractivity contribution in [2.75, 3.05) is 37.4 Å². The second-order valence-electron chi connectivity index (χ2n) is 5.22. The predicted molar refractivity (Wildman–Crippen MR) is 85.6 cm³/mol. The lowest BCUT2D eigenvalue weighted by atomic mass is 10.2. The quantitative estimate of drug-likeness (QED) is 0.794. The molecule has 22 heavy (non-hydrogen) atoms. The summed E-state index contributed by atoms with van der Waals surface area (Å²) >= 11 is 0. The van der Waals surface area contributed by atoms with Gasteiger partial charge < -0.3 is 9.64 Å². The number of anilines is 1. The van der Waals surface area contributed by atoms with Crippen LogP contribution >= 0.6 is 0 Å². The Hall–Kier alpha value is -1.60. The number of benzene rings is 1. The topological polar surface area (TPSA) is 66.9 Å². The molecule has 7 heteroatoms. The summed E-state index contributed by atoms with van der Waals surface area (Å²) in [5.74, 6) is 0.486. The first-order valence-corrected chi connectivity index (χ1v) is 9.01. The summed E-state index contributed by atoms with van der Waals surface area (Å²) < 4.78 is 30.9. The van der Waals surface area contributed by atoms with Crippen LogP contribution < -0.4 is 9.64 Å². The standard InChI is InChI=1S/C15H22N2O4S/c1-3-4-11-22(19,20)16-9-10-17(15(18)12-16)13-7-5-6-8-14(13)21-2/h5-8H,3-4,9-12H2,1-2H3. The lowest BCUT2D eigenvalue weighted by Crippen LogP contribution is -2.52. The molecule has 1 amide bonds. The van der Waals surface area contributed by atoms with E-state index in [-0.39, 0.29) is 18.2 Å². The van der Waals surface area contributed by atoms with Crippen molar-refractivity contribution in [1.82, 2.24) is 4.31 Å². The minimum atomic E-state index is -3.35. The minimum absolute atomic E-state index is 0.103. The number of sulfonamides is 1. The van der Waals surface area contributed by atoms with E-state index in [4.69, 9.17) is 4.74 Å². The van der Waals surface area contributed by atoms with Crippen LogP contribution in [-0.4, -0.2) is 51.1 Å². The van der Waals surface area contributed by atoms with Gasteiger partial charge in [-0.05, 0) is 18.6 Å². The highest BCUT2D eigenvalue weighted by Crippen LogP contribution is 2.29. The average Bonchev–Trinajstić information content (AvgIpc) is 2.53. The molecule has 0 atom stereocenters. The third kappa shape index (κ3) is 3.59. The Kier molecular flexibility index (Phi) is 5.42. The number of methoxy groups -OCH3 is 1. The molecule has 1 aromatic carbocycles. The van der Waals surface area contributed by atoms with E-state index in [0.29, 0.717) is 30.9 Å². The average molecular weight is 326 g/mol. The number of unbranched alkanes of at least 4 members (excludes halogenated alkanes) is 1. The summed E-state index contributed by atoms with van der Waals surface area (Å²) in [5.41, 5.74) is 0.681. The minimum Gasteiger partial charge on any atom is -0.495 e. The van der Waals surface area contributed by atoms with E-state index in [1.165, 1.54) is 4.31 Å². The summed E-state index contributed by atoms with van der Waals surface area (Å²) in [7, 11) is -1.79.